The average molecular weight is 213 g/mol. The van der Waals surface area contributed by atoms with Gasteiger partial charge in [-0.1, -0.05) is 17.7 Å². The number of nitrogens with zero attached hydrogens (tertiary/aromatic N) is 1. The van der Waals surface area contributed by atoms with Gasteiger partial charge < -0.3 is 0 Å². The Bertz CT molecular complexity index is 457. The number of benzene rings is 1. The van der Waals surface area contributed by atoms with Crippen LogP contribution in [0.2, 0.25) is 0 Å². The van der Waals surface area contributed by atoms with Crippen molar-refractivity contribution in [1.82, 2.24) is 0 Å². The third-order valence-corrected chi connectivity index (χ3v) is 2.60. The molecule has 0 aliphatic rings. The fourth-order valence-electron chi connectivity index (χ4n) is 0.812. The van der Waals surface area contributed by atoms with Crippen molar-refractivity contribution in [2.45, 2.75) is 11.8 Å². The van der Waals surface area contributed by atoms with Crippen molar-refractivity contribution in [2.75, 3.05) is 0 Å². The standard InChI is InChI=1S/C8H7NO4S/c1-7-2-4-8(5-3-7)14(11,12)13-9-6-10/h2-5H,1H3. The molecule has 14 heavy (non-hydrogen) atoms. The topological polar surface area (TPSA) is 72.8 Å². The van der Waals surface area contributed by atoms with Gasteiger partial charge in [-0.2, -0.15) is 8.42 Å². The molecule has 0 unspecified atom stereocenters. The van der Waals surface area contributed by atoms with Crippen LogP contribution >= 0.6 is 0 Å². The molecule has 0 radical (unpaired) electrons. The van der Waals surface area contributed by atoms with E-state index in [1.54, 1.807) is 12.1 Å². The molecule has 6 heteroatoms. The largest absolute Gasteiger partial charge is 0.359 e. The van der Waals surface area contributed by atoms with Crippen molar-refractivity contribution < 1.29 is 17.5 Å². The van der Waals surface area contributed by atoms with E-state index in [0.717, 1.165) is 11.6 Å². The van der Waals surface area contributed by atoms with Crippen molar-refractivity contribution in [2.24, 2.45) is 5.16 Å². The highest BCUT2D eigenvalue weighted by molar-refractivity contribution is 7.86. The zero-order valence-electron chi connectivity index (χ0n) is 7.30. The summed E-state index contributed by atoms with van der Waals surface area (Å²) in [5.41, 5.74) is 0.919. The molecule has 74 valence electrons. The summed E-state index contributed by atoms with van der Waals surface area (Å²) >= 11 is 0. The van der Waals surface area contributed by atoms with Crippen LogP contribution in [0.25, 0.3) is 0 Å². The number of aryl methyl sites for hydroxylation is 1. The molecule has 0 aliphatic heterocycles. The minimum atomic E-state index is -3.97. The first-order valence-electron chi connectivity index (χ1n) is 3.64. The summed E-state index contributed by atoms with van der Waals surface area (Å²) < 4.78 is 26.4. The lowest BCUT2D eigenvalue weighted by Crippen LogP contribution is -2.01. The summed E-state index contributed by atoms with van der Waals surface area (Å²) in [4.78, 5) is 9.60. The molecule has 5 nitrogen and oxygen atoms in total. The van der Waals surface area contributed by atoms with Crippen molar-refractivity contribution in [3.63, 3.8) is 0 Å². The van der Waals surface area contributed by atoms with E-state index in [4.69, 9.17) is 0 Å². The summed E-state index contributed by atoms with van der Waals surface area (Å²) in [6.45, 7) is 1.82. The quantitative estimate of drug-likeness (QED) is 0.425. The summed E-state index contributed by atoms with van der Waals surface area (Å²) in [6, 6.07) is 5.96. The third kappa shape index (κ3) is 2.42. The Morgan fingerprint density at radius 1 is 1.29 bits per heavy atom. The van der Waals surface area contributed by atoms with Gasteiger partial charge in [-0.25, -0.2) is 4.79 Å². The molecule has 0 aromatic heterocycles. The summed E-state index contributed by atoms with van der Waals surface area (Å²) in [6.07, 6.45) is 0.979. The summed E-state index contributed by atoms with van der Waals surface area (Å²) in [7, 11) is -3.97. The molecule has 0 spiro atoms. The van der Waals surface area contributed by atoms with Crippen molar-refractivity contribution in [1.29, 1.82) is 0 Å². The number of carbonyl (C=O) groups excluding carboxylic acids is 1. The molecule has 0 amide bonds. The van der Waals surface area contributed by atoms with E-state index in [2.05, 4.69) is 9.44 Å². The summed E-state index contributed by atoms with van der Waals surface area (Å²) in [5, 5.41) is 2.55. The fourth-order valence-corrected chi connectivity index (χ4v) is 1.50. The zero-order valence-corrected chi connectivity index (χ0v) is 8.11. The van der Waals surface area contributed by atoms with Crippen LogP contribution in [0.5, 0.6) is 0 Å². The van der Waals surface area contributed by atoms with Gasteiger partial charge in [0.1, 0.15) is 4.90 Å². The smallest absolute Gasteiger partial charge is 0.253 e. The van der Waals surface area contributed by atoms with E-state index in [9.17, 15) is 13.2 Å². The van der Waals surface area contributed by atoms with E-state index in [0.29, 0.717) is 0 Å². The van der Waals surface area contributed by atoms with E-state index >= 15 is 0 Å². The maximum absolute atomic E-state index is 11.2. The van der Waals surface area contributed by atoms with Crippen LogP contribution in [-0.4, -0.2) is 14.5 Å². The SMILES string of the molecule is Cc1ccc(S(=O)(=O)ON=C=O)cc1. The van der Waals surface area contributed by atoms with Gasteiger partial charge in [0.05, 0.1) is 0 Å². The first-order valence-corrected chi connectivity index (χ1v) is 5.04. The Balaban J connectivity index is 3.04. The van der Waals surface area contributed by atoms with Crippen molar-refractivity contribution in [3.8, 4) is 0 Å². The molecule has 0 aliphatic carbocycles. The third-order valence-electron chi connectivity index (χ3n) is 1.48. The lowest BCUT2D eigenvalue weighted by molar-refractivity contribution is 0.335. The highest BCUT2D eigenvalue weighted by Crippen LogP contribution is 2.12. The maximum atomic E-state index is 11.2. The first kappa shape index (κ1) is 10.4. The number of isocyanates is 1. The maximum Gasteiger partial charge on any atom is 0.359 e. The van der Waals surface area contributed by atoms with Crippen LogP contribution in [0.3, 0.4) is 0 Å². The number of rotatable bonds is 3. The summed E-state index contributed by atoms with van der Waals surface area (Å²) in [5.74, 6) is 0. The first-order chi connectivity index (χ1) is 6.56. The molecule has 0 saturated heterocycles. The highest BCUT2D eigenvalue weighted by Gasteiger charge is 2.14. The fraction of sp³-hybridized carbons (Fsp3) is 0.125. The van der Waals surface area contributed by atoms with Gasteiger partial charge in [-0.15, -0.1) is 0 Å². The van der Waals surface area contributed by atoms with Gasteiger partial charge in [-0.05, 0) is 19.1 Å². The second-order valence-electron chi connectivity index (χ2n) is 2.52. The van der Waals surface area contributed by atoms with Crippen molar-refractivity contribution >= 4 is 16.2 Å². The molecule has 0 atom stereocenters. The van der Waals surface area contributed by atoms with Crippen LogP contribution in [0.15, 0.2) is 34.3 Å². The highest BCUT2D eigenvalue weighted by atomic mass is 32.2. The minimum absolute atomic E-state index is 0.0536. The average Bonchev–Trinajstić information content (AvgIpc) is 2.16. The van der Waals surface area contributed by atoms with Crippen LogP contribution in [-0.2, 0) is 19.2 Å². The van der Waals surface area contributed by atoms with Gasteiger partial charge >= 0.3 is 10.1 Å². The molecule has 1 rings (SSSR count). The molecular weight excluding hydrogens is 206 g/mol. The Morgan fingerprint density at radius 2 is 1.86 bits per heavy atom. The molecule has 1 aromatic rings. The normalized spacial score (nSPS) is 10.4. The molecule has 0 heterocycles. The van der Waals surface area contributed by atoms with E-state index in [1.165, 1.54) is 12.1 Å². The van der Waals surface area contributed by atoms with Crippen LogP contribution < -0.4 is 0 Å². The second kappa shape index (κ2) is 4.04. The Kier molecular flexibility index (Phi) is 3.01. The lowest BCUT2D eigenvalue weighted by Gasteiger charge is -1.99. The molecule has 0 N–H and O–H groups in total. The Labute approximate surface area is 81.1 Å². The van der Waals surface area contributed by atoms with Gasteiger partial charge in [0.15, 0.2) is 0 Å². The number of hydrogen-bond donors (Lipinski definition) is 0. The van der Waals surface area contributed by atoms with Gasteiger partial charge in [0, 0.05) is 5.16 Å². The lowest BCUT2D eigenvalue weighted by atomic mass is 10.2. The molecule has 0 saturated carbocycles. The van der Waals surface area contributed by atoms with E-state index in [1.807, 2.05) is 6.92 Å². The van der Waals surface area contributed by atoms with E-state index < -0.39 is 10.1 Å². The van der Waals surface area contributed by atoms with Gasteiger partial charge in [-0.3, -0.25) is 4.28 Å². The molecule has 0 fully saturated rings. The zero-order chi connectivity index (χ0) is 10.6. The predicted molar refractivity (Wildman–Crippen MR) is 47.6 cm³/mol. The number of hydrogen-bond acceptors (Lipinski definition) is 5. The van der Waals surface area contributed by atoms with Gasteiger partial charge in [0.2, 0.25) is 0 Å². The molecule has 0 bridgehead atoms. The van der Waals surface area contributed by atoms with Crippen LogP contribution in [0.1, 0.15) is 5.56 Å². The van der Waals surface area contributed by atoms with E-state index in [-0.39, 0.29) is 4.90 Å². The second-order valence-corrected chi connectivity index (χ2v) is 4.05. The minimum Gasteiger partial charge on any atom is -0.253 e. The monoisotopic (exact) mass is 213 g/mol. The van der Waals surface area contributed by atoms with Crippen LogP contribution in [0.4, 0.5) is 0 Å². The Morgan fingerprint density at radius 3 is 2.36 bits per heavy atom. The van der Waals surface area contributed by atoms with Crippen molar-refractivity contribution in [3.05, 3.63) is 29.8 Å². The van der Waals surface area contributed by atoms with Gasteiger partial charge in [0.25, 0.3) is 6.08 Å². The predicted octanol–water partition coefficient (Wildman–Crippen LogP) is 0.951. The van der Waals surface area contributed by atoms with Crippen LogP contribution in [0, 0.1) is 6.92 Å². The molecular formula is C8H7NO4S. The Hall–Kier alpha value is -1.65. The molecule has 1 aromatic carbocycles.